The molecule has 0 radical (unpaired) electrons. The maximum Gasteiger partial charge on any atom is 0.220 e. The Morgan fingerprint density at radius 1 is 1.54 bits per heavy atom. The normalized spacial score (nSPS) is 15.1. The zero-order valence-corrected chi connectivity index (χ0v) is 8.24. The van der Waals surface area contributed by atoms with E-state index in [1.54, 1.807) is 6.92 Å². The predicted octanol–water partition coefficient (Wildman–Crippen LogP) is -0.508. The van der Waals surface area contributed by atoms with Gasteiger partial charge in [0.05, 0.1) is 6.61 Å². The molecule has 0 saturated carbocycles. The zero-order valence-electron chi connectivity index (χ0n) is 8.24. The van der Waals surface area contributed by atoms with Crippen LogP contribution >= 0.6 is 0 Å². The van der Waals surface area contributed by atoms with E-state index in [1.807, 2.05) is 0 Å². The Morgan fingerprint density at radius 3 is 2.54 bits per heavy atom. The molecule has 0 rings (SSSR count). The summed E-state index contributed by atoms with van der Waals surface area (Å²) < 4.78 is 9.49. The van der Waals surface area contributed by atoms with Gasteiger partial charge in [0.15, 0.2) is 6.29 Å². The second-order valence-electron chi connectivity index (χ2n) is 2.61. The van der Waals surface area contributed by atoms with E-state index in [1.165, 1.54) is 14.2 Å². The number of aliphatic hydroxyl groups excluding tert-OH is 1. The van der Waals surface area contributed by atoms with Crippen LogP contribution in [0.4, 0.5) is 0 Å². The smallest absolute Gasteiger partial charge is 0.220 e. The Morgan fingerprint density at radius 2 is 2.15 bits per heavy atom. The summed E-state index contributed by atoms with van der Waals surface area (Å²) >= 11 is 0. The number of aliphatic hydroxyl groups is 1. The Balaban J connectivity index is 4.00. The van der Waals surface area contributed by atoms with Gasteiger partial charge in [0.1, 0.15) is 6.04 Å². The van der Waals surface area contributed by atoms with Gasteiger partial charge in [0, 0.05) is 20.6 Å². The molecular formula is C8H17NO4. The molecule has 1 amide bonds. The van der Waals surface area contributed by atoms with Gasteiger partial charge in [0.25, 0.3) is 0 Å². The lowest BCUT2D eigenvalue weighted by Gasteiger charge is -2.21. The molecule has 0 heterocycles. The highest BCUT2D eigenvalue weighted by molar-refractivity contribution is 5.75. The summed E-state index contributed by atoms with van der Waals surface area (Å²) in [6.45, 7) is 1.96. The van der Waals surface area contributed by atoms with Crippen LogP contribution in [-0.2, 0) is 14.3 Å². The lowest BCUT2D eigenvalue weighted by molar-refractivity contribution is -0.133. The van der Waals surface area contributed by atoms with Crippen molar-refractivity contribution in [2.24, 2.45) is 0 Å². The highest BCUT2D eigenvalue weighted by Gasteiger charge is 2.19. The van der Waals surface area contributed by atoms with Crippen LogP contribution in [0.3, 0.4) is 0 Å². The lowest BCUT2D eigenvalue weighted by atomic mass is 10.3. The predicted molar refractivity (Wildman–Crippen MR) is 47.1 cm³/mol. The van der Waals surface area contributed by atoms with Crippen molar-refractivity contribution in [1.82, 2.24) is 5.32 Å². The zero-order chi connectivity index (χ0) is 10.3. The van der Waals surface area contributed by atoms with E-state index in [0.717, 1.165) is 0 Å². The third kappa shape index (κ3) is 4.82. The first kappa shape index (κ1) is 12.3. The van der Waals surface area contributed by atoms with Crippen molar-refractivity contribution in [3.8, 4) is 0 Å². The lowest BCUT2D eigenvalue weighted by Crippen LogP contribution is -2.46. The summed E-state index contributed by atoms with van der Waals surface area (Å²) in [4.78, 5) is 11.0. The molecule has 0 aromatic heterocycles. The Kier molecular flexibility index (Phi) is 6.48. The van der Waals surface area contributed by atoms with Crippen molar-refractivity contribution < 1.29 is 19.4 Å². The average Bonchev–Trinajstić information content (AvgIpc) is 2.15. The number of methoxy groups -OCH3 is 2. The molecule has 13 heavy (non-hydrogen) atoms. The fraction of sp³-hybridized carbons (Fsp3) is 0.875. The van der Waals surface area contributed by atoms with Gasteiger partial charge >= 0.3 is 0 Å². The third-order valence-corrected chi connectivity index (χ3v) is 1.60. The standard InChI is InChI=1S/C8H17NO4/c1-4-7(10)9-6(5-12-2)8(11)13-3/h6,8,11H,4-5H2,1-3H3,(H,9,10). The monoisotopic (exact) mass is 191 g/mol. The van der Waals surface area contributed by atoms with Crippen LogP contribution in [0, 0.1) is 0 Å². The largest absolute Gasteiger partial charge is 0.382 e. The summed E-state index contributed by atoms with van der Waals surface area (Å²) in [6.07, 6.45) is -0.660. The number of hydrogen-bond acceptors (Lipinski definition) is 4. The van der Waals surface area contributed by atoms with Gasteiger partial charge in [-0.1, -0.05) is 6.92 Å². The van der Waals surface area contributed by atoms with E-state index in [0.29, 0.717) is 6.42 Å². The number of nitrogens with one attached hydrogen (secondary N) is 1. The summed E-state index contributed by atoms with van der Waals surface area (Å²) in [5.74, 6) is -0.141. The van der Waals surface area contributed by atoms with Crippen LogP contribution in [-0.4, -0.2) is 44.2 Å². The van der Waals surface area contributed by atoms with Crippen molar-refractivity contribution in [2.75, 3.05) is 20.8 Å². The average molecular weight is 191 g/mol. The van der Waals surface area contributed by atoms with Gasteiger partial charge < -0.3 is 19.9 Å². The van der Waals surface area contributed by atoms with E-state index < -0.39 is 12.3 Å². The molecule has 0 saturated heterocycles. The minimum absolute atomic E-state index is 0.141. The minimum Gasteiger partial charge on any atom is -0.382 e. The topological polar surface area (TPSA) is 67.8 Å². The molecule has 0 fully saturated rings. The van der Waals surface area contributed by atoms with Gasteiger partial charge in [-0.2, -0.15) is 0 Å². The highest BCUT2D eigenvalue weighted by Crippen LogP contribution is 1.96. The number of ether oxygens (including phenoxy) is 2. The maximum atomic E-state index is 11.0. The molecule has 0 aliphatic heterocycles. The Bertz CT molecular complexity index is 151. The molecule has 5 nitrogen and oxygen atoms in total. The van der Waals surface area contributed by atoms with Crippen molar-refractivity contribution in [2.45, 2.75) is 25.7 Å². The maximum absolute atomic E-state index is 11.0. The molecule has 0 spiro atoms. The highest BCUT2D eigenvalue weighted by atomic mass is 16.6. The molecule has 0 aliphatic carbocycles. The van der Waals surface area contributed by atoms with Crippen molar-refractivity contribution in [3.63, 3.8) is 0 Å². The molecule has 2 atom stereocenters. The number of hydrogen-bond donors (Lipinski definition) is 2. The van der Waals surface area contributed by atoms with E-state index in [2.05, 4.69) is 10.1 Å². The molecule has 0 aromatic rings. The number of carbonyl (C=O) groups excluding carboxylic acids is 1. The molecule has 2 unspecified atom stereocenters. The Hall–Kier alpha value is -0.650. The number of carbonyl (C=O) groups is 1. The van der Waals surface area contributed by atoms with Gasteiger partial charge in [-0.05, 0) is 0 Å². The van der Waals surface area contributed by atoms with Crippen LogP contribution in [0.2, 0.25) is 0 Å². The van der Waals surface area contributed by atoms with E-state index in [-0.39, 0.29) is 12.5 Å². The van der Waals surface area contributed by atoms with E-state index >= 15 is 0 Å². The molecule has 5 heteroatoms. The van der Waals surface area contributed by atoms with Crippen molar-refractivity contribution >= 4 is 5.91 Å². The molecule has 0 aromatic carbocycles. The van der Waals surface area contributed by atoms with Crippen LogP contribution in [0.1, 0.15) is 13.3 Å². The summed E-state index contributed by atoms with van der Waals surface area (Å²) in [6, 6.07) is -0.512. The second kappa shape index (κ2) is 6.82. The van der Waals surface area contributed by atoms with Crippen molar-refractivity contribution in [1.29, 1.82) is 0 Å². The molecule has 0 aliphatic rings. The van der Waals surface area contributed by atoms with Crippen LogP contribution in [0.25, 0.3) is 0 Å². The van der Waals surface area contributed by atoms with Gasteiger partial charge in [-0.25, -0.2) is 0 Å². The van der Waals surface area contributed by atoms with Gasteiger partial charge in [0.2, 0.25) is 5.91 Å². The fourth-order valence-electron chi connectivity index (χ4n) is 0.848. The third-order valence-electron chi connectivity index (χ3n) is 1.60. The minimum atomic E-state index is -1.03. The second-order valence-corrected chi connectivity index (χ2v) is 2.61. The summed E-state index contributed by atoms with van der Waals surface area (Å²) in [5, 5.41) is 11.9. The van der Waals surface area contributed by atoms with Gasteiger partial charge in [-0.3, -0.25) is 4.79 Å². The first-order valence-corrected chi connectivity index (χ1v) is 4.14. The summed E-state index contributed by atoms with van der Waals surface area (Å²) in [7, 11) is 2.86. The fourth-order valence-corrected chi connectivity index (χ4v) is 0.848. The Labute approximate surface area is 78.0 Å². The molecule has 0 bridgehead atoms. The molecular weight excluding hydrogens is 174 g/mol. The first-order valence-electron chi connectivity index (χ1n) is 4.14. The molecule has 78 valence electrons. The van der Waals surface area contributed by atoms with Crippen molar-refractivity contribution in [3.05, 3.63) is 0 Å². The van der Waals surface area contributed by atoms with Crippen LogP contribution in [0.5, 0.6) is 0 Å². The van der Waals surface area contributed by atoms with Crippen LogP contribution in [0.15, 0.2) is 0 Å². The van der Waals surface area contributed by atoms with Crippen LogP contribution < -0.4 is 5.32 Å². The number of rotatable bonds is 6. The van der Waals surface area contributed by atoms with E-state index in [4.69, 9.17) is 4.74 Å². The SMILES string of the molecule is CCC(=O)NC(COC)C(O)OC. The molecule has 2 N–H and O–H groups in total. The number of amides is 1. The van der Waals surface area contributed by atoms with Gasteiger partial charge in [-0.15, -0.1) is 0 Å². The van der Waals surface area contributed by atoms with E-state index in [9.17, 15) is 9.90 Å². The quantitative estimate of drug-likeness (QED) is 0.555. The first-order chi connectivity index (χ1) is 6.15. The summed E-state index contributed by atoms with van der Waals surface area (Å²) in [5.41, 5.74) is 0.